The molecule has 1 unspecified atom stereocenters. The number of aromatic nitrogens is 3. The van der Waals surface area contributed by atoms with Gasteiger partial charge in [-0.1, -0.05) is 12.1 Å². The number of fused-ring (bicyclic) bond motifs is 1. The molecule has 6 nitrogen and oxygen atoms in total. The average Bonchev–Trinajstić information content (AvgIpc) is 2.86. The van der Waals surface area contributed by atoms with Crippen LogP contribution in [-0.2, 0) is 0 Å². The van der Waals surface area contributed by atoms with Gasteiger partial charge in [0.25, 0.3) is 0 Å². The summed E-state index contributed by atoms with van der Waals surface area (Å²) in [6.07, 6.45) is 3.39. The molecule has 2 N–H and O–H groups in total. The first-order valence-corrected chi connectivity index (χ1v) is 6.54. The minimum Gasteiger partial charge on any atom is -0.476 e. The van der Waals surface area contributed by atoms with Gasteiger partial charge in [0.15, 0.2) is 11.5 Å². The number of aromatic carboxylic acids is 1. The van der Waals surface area contributed by atoms with Crippen LogP contribution in [0.3, 0.4) is 0 Å². The third-order valence-corrected chi connectivity index (χ3v) is 3.22. The molecule has 3 aromatic rings. The normalized spacial score (nSPS) is 12.2. The fourth-order valence-electron chi connectivity index (χ4n) is 2.21. The molecule has 0 aliphatic rings. The van der Waals surface area contributed by atoms with E-state index in [1.54, 1.807) is 28.9 Å². The van der Waals surface area contributed by atoms with Crippen LogP contribution in [0.4, 0.5) is 5.82 Å². The van der Waals surface area contributed by atoms with Crippen molar-refractivity contribution in [2.75, 3.05) is 5.32 Å². The molecular weight excluding hydrogens is 268 g/mol. The van der Waals surface area contributed by atoms with Gasteiger partial charge < -0.3 is 10.4 Å². The van der Waals surface area contributed by atoms with E-state index in [2.05, 4.69) is 15.3 Å². The molecule has 0 spiro atoms. The second-order valence-corrected chi connectivity index (χ2v) is 4.66. The minimum atomic E-state index is -1.02. The molecule has 0 saturated heterocycles. The largest absolute Gasteiger partial charge is 0.476 e. The quantitative estimate of drug-likeness (QED) is 0.769. The zero-order valence-corrected chi connectivity index (χ0v) is 11.4. The van der Waals surface area contributed by atoms with E-state index in [0.29, 0.717) is 11.5 Å². The number of hydrogen-bond acceptors (Lipinski definition) is 4. The predicted molar refractivity (Wildman–Crippen MR) is 78.4 cm³/mol. The molecule has 0 radical (unpaired) electrons. The fraction of sp³-hybridized carbons (Fsp3) is 0.133. The Morgan fingerprint density at radius 3 is 2.81 bits per heavy atom. The molecule has 106 valence electrons. The molecule has 1 atom stereocenters. The van der Waals surface area contributed by atoms with E-state index >= 15 is 0 Å². The van der Waals surface area contributed by atoms with Gasteiger partial charge in [0.05, 0.1) is 11.7 Å². The maximum absolute atomic E-state index is 11.5. The summed E-state index contributed by atoms with van der Waals surface area (Å²) in [5.74, 6) is -0.684. The Hall–Kier alpha value is -2.89. The van der Waals surface area contributed by atoms with Crippen LogP contribution >= 0.6 is 0 Å². The Kier molecular flexibility index (Phi) is 3.27. The standard InChI is InChI=1S/C15H14N4O2/c1-10(11-6-2-4-8-16-11)17-14-13(15(20)21)19-9-5-3-7-12(19)18-14/h2-10,17H,1H3,(H,20,21). The lowest BCUT2D eigenvalue weighted by molar-refractivity contribution is 0.0690. The molecule has 0 aliphatic carbocycles. The Morgan fingerprint density at radius 1 is 1.29 bits per heavy atom. The lowest BCUT2D eigenvalue weighted by Gasteiger charge is -2.13. The van der Waals surface area contributed by atoms with Gasteiger partial charge in [0, 0.05) is 12.4 Å². The zero-order chi connectivity index (χ0) is 14.8. The lowest BCUT2D eigenvalue weighted by atomic mass is 10.2. The first kappa shape index (κ1) is 13.1. The van der Waals surface area contributed by atoms with Crippen molar-refractivity contribution < 1.29 is 9.90 Å². The number of hydrogen-bond donors (Lipinski definition) is 2. The maximum atomic E-state index is 11.5. The molecule has 0 aromatic carbocycles. The van der Waals surface area contributed by atoms with Crippen molar-refractivity contribution in [1.29, 1.82) is 0 Å². The van der Waals surface area contributed by atoms with Crippen LogP contribution in [0.25, 0.3) is 5.65 Å². The summed E-state index contributed by atoms with van der Waals surface area (Å²) < 4.78 is 1.55. The summed E-state index contributed by atoms with van der Waals surface area (Å²) in [6, 6.07) is 10.8. The van der Waals surface area contributed by atoms with E-state index in [9.17, 15) is 9.90 Å². The van der Waals surface area contributed by atoms with Gasteiger partial charge >= 0.3 is 5.97 Å². The number of pyridine rings is 2. The number of nitrogens with zero attached hydrogens (tertiary/aromatic N) is 3. The Bertz CT molecular complexity index is 783. The minimum absolute atomic E-state index is 0.119. The Balaban J connectivity index is 2.00. The Morgan fingerprint density at radius 2 is 2.10 bits per heavy atom. The van der Waals surface area contributed by atoms with Gasteiger partial charge in [-0.25, -0.2) is 9.78 Å². The summed E-state index contributed by atoms with van der Waals surface area (Å²) >= 11 is 0. The summed E-state index contributed by atoms with van der Waals surface area (Å²) in [5, 5.41) is 12.5. The van der Waals surface area contributed by atoms with E-state index in [1.807, 2.05) is 31.2 Å². The van der Waals surface area contributed by atoms with Gasteiger partial charge in [-0.15, -0.1) is 0 Å². The van der Waals surface area contributed by atoms with Crippen molar-refractivity contribution in [3.8, 4) is 0 Å². The molecule has 3 rings (SSSR count). The van der Waals surface area contributed by atoms with Crippen molar-refractivity contribution >= 4 is 17.4 Å². The summed E-state index contributed by atoms with van der Waals surface area (Å²) in [6.45, 7) is 1.91. The third kappa shape index (κ3) is 2.43. The number of nitrogens with one attached hydrogen (secondary N) is 1. The first-order valence-electron chi connectivity index (χ1n) is 6.54. The van der Waals surface area contributed by atoms with Gasteiger partial charge in [0.1, 0.15) is 5.65 Å². The second kappa shape index (κ2) is 5.24. The van der Waals surface area contributed by atoms with Crippen LogP contribution in [-0.4, -0.2) is 25.4 Å². The number of imidazole rings is 1. The van der Waals surface area contributed by atoms with Crippen LogP contribution in [0, 0.1) is 0 Å². The van der Waals surface area contributed by atoms with Gasteiger partial charge in [-0.05, 0) is 31.2 Å². The van der Waals surface area contributed by atoms with Crippen molar-refractivity contribution in [1.82, 2.24) is 14.4 Å². The van der Waals surface area contributed by atoms with E-state index in [0.717, 1.165) is 5.69 Å². The highest BCUT2D eigenvalue weighted by atomic mass is 16.4. The molecule has 0 fully saturated rings. The number of carboxylic acid groups (broad SMARTS) is 1. The Labute approximate surface area is 121 Å². The third-order valence-electron chi connectivity index (χ3n) is 3.22. The van der Waals surface area contributed by atoms with Gasteiger partial charge in [-0.3, -0.25) is 9.38 Å². The van der Waals surface area contributed by atoms with Crippen molar-refractivity contribution in [3.05, 3.63) is 60.2 Å². The number of carbonyl (C=O) groups is 1. The molecule has 0 saturated carbocycles. The van der Waals surface area contributed by atoms with Crippen LogP contribution in [0.2, 0.25) is 0 Å². The topological polar surface area (TPSA) is 79.5 Å². The first-order chi connectivity index (χ1) is 10.2. The average molecular weight is 282 g/mol. The SMILES string of the molecule is CC(Nc1nc2ccccn2c1C(=O)O)c1ccccn1. The fourth-order valence-corrected chi connectivity index (χ4v) is 2.21. The highest BCUT2D eigenvalue weighted by Crippen LogP contribution is 2.22. The highest BCUT2D eigenvalue weighted by molar-refractivity contribution is 5.93. The van der Waals surface area contributed by atoms with Crippen LogP contribution in [0.15, 0.2) is 48.8 Å². The van der Waals surface area contributed by atoms with Crippen LogP contribution in [0.1, 0.15) is 29.1 Å². The summed E-state index contributed by atoms with van der Waals surface area (Å²) in [7, 11) is 0. The van der Waals surface area contributed by atoms with E-state index < -0.39 is 5.97 Å². The van der Waals surface area contributed by atoms with Gasteiger partial charge in [-0.2, -0.15) is 0 Å². The molecule has 3 heterocycles. The van der Waals surface area contributed by atoms with E-state index in [1.165, 1.54) is 0 Å². The molecule has 0 aliphatic heterocycles. The molecule has 6 heteroatoms. The van der Waals surface area contributed by atoms with Crippen molar-refractivity contribution in [2.45, 2.75) is 13.0 Å². The maximum Gasteiger partial charge on any atom is 0.356 e. The molecule has 0 bridgehead atoms. The van der Waals surface area contributed by atoms with Gasteiger partial charge in [0.2, 0.25) is 0 Å². The number of rotatable bonds is 4. The zero-order valence-electron chi connectivity index (χ0n) is 11.4. The number of carboxylic acids is 1. The highest BCUT2D eigenvalue weighted by Gasteiger charge is 2.20. The van der Waals surface area contributed by atoms with Crippen LogP contribution in [0.5, 0.6) is 0 Å². The summed E-state index contributed by atoms with van der Waals surface area (Å²) in [5.41, 5.74) is 1.53. The molecular formula is C15H14N4O2. The lowest BCUT2D eigenvalue weighted by Crippen LogP contribution is -2.12. The van der Waals surface area contributed by atoms with Crippen molar-refractivity contribution in [2.24, 2.45) is 0 Å². The summed E-state index contributed by atoms with van der Waals surface area (Å²) in [4.78, 5) is 20.1. The predicted octanol–water partition coefficient (Wildman–Crippen LogP) is 2.60. The molecule has 3 aromatic heterocycles. The van der Waals surface area contributed by atoms with Crippen molar-refractivity contribution in [3.63, 3.8) is 0 Å². The molecule has 21 heavy (non-hydrogen) atoms. The smallest absolute Gasteiger partial charge is 0.356 e. The second-order valence-electron chi connectivity index (χ2n) is 4.66. The monoisotopic (exact) mass is 282 g/mol. The van der Waals surface area contributed by atoms with E-state index in [4.69, 9.17) is 0 Å². The van der Waals surface area contributed by atoms with Crippen LogP contribution < -0.4 is 5.32 Å². The van der Waals surface area contributed by atoms with E-state index in [-0.39, 0.29) is 11.7 Å². The molecule has 0 amide bonds. The number of anilines is 1.